The second kappa shape index (κ2) is 6.57. The van der Waals surface area contributed by atoms with Crippen LogP contribution in [0, 0.1) is 0 Å². The summed E-state index contributed by atoms with van der Waals surface area (Å²) in [5.41, 5.74) is 2.23. The molecule has 1 N–H and O–H groups in total. The van der Waals surface area contributed by atoms with Crippen LogP contribution in [0.15, 0.2) is 45.6 Å². The molecular weight excluding hydrogens is 308 g/mol. The first-order chi connectivity index (χ1) is 11.8. The van der Waals surface area contributed by atoms with E-state index in [2.05, 4.69) is 5.32 Å². The summed E-state index contributed by atoms with van der Waals surface area (Å²) in [6, 6.07) is 7.32. The van der Waals surface area contributed by atoms with Crippen LogP contribution in [0.5, 0.6) is 0 Å². The van der Waals surface area contributed by atoms with Gasteiger partial charge in [0.15, 0.2) is 5.58 Å². The first kappa shape index (κ1) is 15.1. The number of rotatable bonds is 5. The van der Waals surface area contributed by atoms with Gasteiger partial charge in [0.05, 0.1) is 30.7 Å². The minimum absolute atomic E-state index is 0.140. The van der Waals surface area contributed by atoms with Gasteiger partial charge in [-0.3, -0.25) is 4.79 Å². The molecule has 0 saturated carbocycles. The van der Waals surface area contributed by atoms with Gasteiger partial charge in [0.25, 0.3) is 5.91 Å². The standard InChI is InChI=1S/C18H20N2O4/c21-18(19-11-13-5-3-8-22-13)16-10-17-15(6-9-24-17)20(16)12-14-4-1-2-7-23-14/h3,5-6,8-10,14H,1-2,4,7,11-12H2,(H,19,21). The van der Waals surface area contributed by atoms with Gasteiger partial charge in [0, 0.05) is 25.3 Å². The van der Waals surface area contributed by atoms with Crippen molar-refractivity contribution in [1.29, 1.82) is 0 Å². The van der Waals surface area contributed by atoms with E-state index in [1.54, 1.807) is 24.7 Å². The zero-order valence-corrected chi connectivity index (χ0v) is 13.4. The van der Waals surface area contributed by atoms with Crippen LogP contribution >= 0.6 is 0 Å². The van der Waals surface area contributed by atoms with E-state index in [0.717, 1.165) is 30.7 Å². The van der Waals surface area contributed by atoms with Gasteiger partial charge in [-0.25, -0.2) is 0 Å². The van der Waals surface area contributed by atoms with Crippen LogP contribution < -0.4 is 5.32 Å². The number of amides is 1. The summed E-state index contributed by atoms with van der Waals surface area (Å²) in [5, 5.41) is 2.89. The molecule has 3 aromatic heterocycles. The third kappa shape index (κ3) is 2.97. The highest BCUT2D eigenvalue weighted by atomic mass is 16.5. The lowest BCUT2D eigenvalue weighted by molar-refractivity contribution is 0.00637. The number of nitrogens with zero attached hydrogens (tertiary/aromatic N) is 1. The molecule has 4 rings (SSSR count). The topological polar surface area (TPSA) is 69.5 Å². The lowest BCUT2D eigenvalue weighted by atomic mass is 10.1. The highest BCUT2D eigenvalue weighted by Gasteiger charge is 2.22. The molecule has 1 saturated heterocycles. The number of hydrogen-bond acceptors (Lipinski definition) is 4. The van der Waals surface area contributed by atoms with E-state index in [1.165, 1.54) is 6.42 Å². The zero-order chi connectivity index (χ0) is 16.4. The Balaban J connectivity index is 1.55. The van der Waals surface area contributed by atoms with Gasteiger partial charge in [-0.1, -0.05) is 0 Å². The predicted octanol–water partition coefficient (Wildman–Crippen LogP) is 3.33. The predicted molar refractivity (Wildman–Crippen MR) is 87.7 cm³/mol. The van der Waals surface area contributed by atoms with Gasteiger partial charge >= 0.3 is 0 Å². The van der Waals surface area contributed by atoms with Crippen molar-refractivity contribution in [3.63, 3.8) is 0 Å². The molecule has 0 spiro atoms. The normalized spacial score (nSPS) is 18.1. The molecule has 1 aliphatic heterocycles. The quantitative estimate of drug-likeness (QED) is 0.780. The van der Waals surface area contributed by atoms with Crippen LogP contribution in [-0.2, 0) is 17.8 Å². The maximum Gasteiger partial charge on any atom is 0.268 e. The van der Waals surface area contributed by atoms with E-state index in [-0.39, 0.29) is 12.0 Å². The minimum Gasteiger partial charge on any atom is -0.467 e. The number of hydrogen-bond donors (Lipinski definition) is 1. The Morgan fingerprint density at radius 3 is 3.00 bits per heavy atom. The van der Waals surface area contributed by atoms with Crippen LogP contribution in [0.3, 0.4) is 0 Å². The van der Waals surface area contributed by atoms with Gasteiger partial charge in [-0.05, 0) is 31.4 Å². The Bertz CT molecular complexity index is 809. The second-order valence-electron chi connectivity index (χ2n) is 6.06. The molecule has 1 aliphatic rings. The molecule has 1 fully saturated rings. The maximum absolute atomic E-state index is 12.6. The van der Waals surface area contributed by atoms with Gasteiger partial charge < -0.3 is 23.5 Å². The van der Waals surface area contributed by atoms with Crippen LogP contribution in [0.25, 0.3) is 11.1 Å². The number of carbonyl (C=O) groups is 1. The number of carbonyl (C=O) groups excluding carboxylic acids is 1. The Morgan fingerprint density at radius 1 is 1.25 bits per heavy atom. The Hall–Kier alpha value is -2.47. The number of fused-ring (bicyclic) bond motifs is 1. The van der Waals surface area contributed by atoms with Crippen molar-refractivity contribution in [1.82, 2.24) is 9.88 Å². The van der Waals surface area contributed by atoms with Crippen molar-refractivity contribution >= 4 is 17.0 Å². The van der Waals surface area contributed by atoms with E-state index in [0.29, 0.717) is 24.4 Å². The molecule has 4 heterocycles. The molecule has 6 heteroatoms. The largest absolute Gasteiger partial charge is 0.467 e. The highest BCUT2D eigenvalue weighted by Crippen LogP contribution is 2.24. The summed E-state index contributed by atoms with van der Waals surface area (Å²) in [5.74, 6) is 0.578. The van der Waals surface area contributed by atoms with E-state index >= 15 is 0 Å². The average Bonchev–Trinajstić information content (AvgIpc) is 3.32. The monoisotopic (exact) mass is 328 g/mol. The molecule has 0 radical (unpaired) electrons. The number of nitrogens with one attached hydrogen (secondary N) is 1. The molecule has 3 aromatic rings. The molecule has 126 valence electrons. The molecule has 0 aliphatic carbocycles. The maximum atomic E-state index is 12.6. The van der Waals surface area contributed by atoms with Crippen molar-refractivity contribution in [2.75, 3.05) is 6.61 Å². The number of ether oxygens (including phenoxy) is 1. The third-order valence-electron chi connectivity index (χ3n) is 4.42. The first-order valence-corrected chi connectivity index (χ1v) is 8.30. The summed E-state index contributed by atoms with van der Waals surface area (Å²) in [4.78, 5) is 12.6. The summed E-state index contributed by atoms with van der Waals surface area (Å²) >= 11 is 0. The van der Waals surface area contributed by atoms with Gasteiger partial charge in [0.2, 0.25) is 0 Å². The average molecular weight is 328 g/mol. The smallest absolute Gasteiger partial charge is 0.268 e. The number of furan rings is 2. The zero-order valence-electron chi connectivity index (χ0n) is 13.4. The summed E-state index contributed by atoms with van der Waals surface area (Å²) in [6.45, 7) is 1.81. The number of aromatic nitrogens is 1. The van der Waals surface area contributed by atoms with Crippen LogP contribution in [0.1, 0.15) is 35.5 Å². The minimum atomic E-state index is -0.145. The van der Waals surface area contributed by atoms with Crippen molar-refractivity contribution < 1.29 is 18.4 Å². The molecule has 1 atom stereocenters. The Morgan fingerprint density at radius 2 is 2.21 bits per heavy atom. The molecule has 0 bridgehead atoms. The summed E-state index contributed by atoms with van der Waals surface area (Å²) < 4.78 is 18.5. The SMILES string of the molecule is O=C(NCc1ccco1)c1cc2occc2n1CC1CCCCO1. The molecular formula is C18H20N2O4. The summed E-state index contributed by atoms with van der Waals surface area (Å²) in [7, 11) is 0. The van der Waals surface area contributed by atoms with E-state index in [4.69, 9.17) is 13.6 Å². The molecule has 1 unspecified atom stereocenters. The van der Waals surface area contributed by atoms with Gasteiger partial charge in [-0.15, -0.1) is 0 Å². The van der Waals surface area contributed by atoms with Gasteiger partial charge in [0.1, 0.15) is 11.5 Å². The van der Waals surface area contributed by atoms with Crippen molar-refractivity contribution in [3.8, 4) is 0 Å². The lowest BCUT2D eigenvalue weighted by Gasteiger charge is -2.24. The molecule has 6 nitrogen and oxygen atoms in total. The summed E-state index contributed by atoms with van der Waals surface area (Å²) in [6.07, 6.45) is 6.68. The van der Waals surface area contributed by atoms with E-state index < -0.39 is 0 Å². The van der Waals surface area contributed by atoms with Crippen molar-refractivity contribution in [2.45, 2.75) is 38.5 Å². The lowest BCUT2D eigenvalue weighted by Crippen LogP contribution is -2.29. The van der Waals surface area contributed by atoms with Crippen molar-refractivity contribution in [3.05, 3.63) is 48.2 Å². The fourth-order valence-corrected chi connectivity index (χ4v) is 3.19. The second-order valence-corrected chi connectivity index (χ2v) is 6.06. The fourth-order valence-electron chi connectivity index (χ4n) is 3.19. The highest BCUT2D eigenvalue weighted by molar-refractivity contribution is 5.97. The van der Waals surface area contributed by atoms with Gasteiger partial charge in [-0.2, -0.15) is 0 Å². The molecule has 1 amide bonds. The first-order valence-electron chi connectivity index (χ1n) is 8.30. The van der Waals surface area contributed by atoms with Crippen molar-refractivity contribution in [2.24, 2.45) is 0 Å². The Kier molecular flexibility index (Phi) is 4.13. The molecule has 24 heavy (non-hydrogen) atoms. The molecule has 0 aromatic carbocycles. The fraction of sp³-hybridized carbons (Fsp3) is 0.389. The van der Waals surface area contributed by atoms with E-state index in [1.807, 2.05) is 16.7 Å². The third-order valence-corrected chi connectivity index (χ3v) is 4.42. The van der Waals surface area contributed by atoms with Crippen LogP contribution in [0.4, 0.5) is 0 Å². The van der Waals surface area contributed by atoms with Crippen LogP contribution in [0.2, 0.25) is 0 Å². The van der Waals surface area contributed by atoms with E-state index in [9.17, 15) is 4.79 Å². The van der Waals surface area contributed by atoms with Crippen LogP contribution in [-0.4, -0.2) is 23.2 Å². The Labute approximate surface area is 139 Å².